The summed E-state index contributed by atoms with van der Waals surface area (Å²) in [4.78, 5) is 15.7. The van der Waals surface area contributed by atoms with E-state index in [1.165, 1.54) is 0 Å². The molecule has 0 bridgehead atoms. The second-order valence-corrected chi connectivity index (χ2v) is 4.75. The summed E-state index contributed by atoms with van der Waals surface area (Å²) in [6, 6.07) is 15.1. The molecule has 4 heteroatoms. The van der Waals surface area contributed by atoms with Crippen molar-refractivity contribution in [1.29, 1.82) is 0 Å². The first-order valence-electron chi connectivity index (χ1n) is 6.62. The molecule has 0 spiro atoms. The normalized spacial score (nSPS) is 10.5. The van der Waals surface area contributed by atoms with Crippen LogP contribution in [0.5, 0.6) is 0 Å². The summed E-state index contributed by atoms with van der Waals surface area (Å²) in [5.74, 6) is -0.912. The van der Waals surface area contributed by atoms with Gasteiger partial charge in [0.25, 0.3) is 0 Å². The van der Waals surface area contributed by atoms with Crippen LogP contribution in [-0.4, -0.2) is 20.6 Å². The van der Waals surface area contributed by atoms with E-state index in [-0.39, 0.29) is 0 Å². The molecule has 0 amide bonds. The SMILES string of the molecule is O=C(O)c1c(Cn2ccnc2)cccc1-c1ccccc1. The van der Waals surface area contributed by atoms with Gasteiger partial charge >= 0.3 is 5.97 Å². The van der Waals surface area contributed by atoms with Crippen LogP contribution >= 0.6 is 0 Å². The molecule has 4 nitrogen and oxygen atoms in total. The predicted octanol–water partition coefficient (Wildman–Crippen LogP) is 3.30. The molecule has 1 N–H and O–H groups in total. The number of aromatic carboxylic acids is 1. The van der Waals surface area contributed by atoms with Crippen LogP contribution in [-0.2, 0) is 6.54 Å². The Morgan fingerprint density at radius 2 is 1.90 bits per heavy atom. The molecule has 0 radical (unpaired) electrons. The zero-order valence-corrected chi connectivity index (χ0v) is 11.3. The molecule has 0 saturated carbocycles. The van der Waals surface area contributed by atoms with E-state index >= 15 is 0 Å². The Morgan fingerprint density at radius 3 is 2.57 bits per heavy atom. The molecule has 21 heavy (non-hydrogen) atoms. The summed E-state index contributed by atoms with van der Waals surface area (Å²) in [6.07, 6.45) is 5.18. The van der Waals surface area contributed by atoms with Crippen LogP contribution in [0.15, 0.2) is 67.3 Å². The lowest BCUT2D eigenvalue weighted by molar-refractivity contribution is 0.0696. The Balaban J connectivity index is 2.11. The van der Waals surface area contributed by atoms with Crippen LogP contribution in [0.1, 0.15) is 15.9 Å². The fraction of sp³-hybridized carbons (Fsp3) is 0.0588. The third-order valence-corrected chi connectivity index (χ3v) is 3.36. The molecule has 1 aromatic heterocycles. The average molecular weight is 278 g/mol. The molecule has 104 valence electrons. The van der Waals surface area contributed by atoms with Gasteiger partial charge in [0, 0.05) is 18.9 Å². The van der Waals surface area contributed by atoms with Crippen molar-refractivity contribution >= 4 is 5.97 Å². The highest BCUT2D eigenvalue weighted by Gasteiger charge is 2.16. The lowest BCUT2D eigenvalue weighted by atomic mass is 9.95. The zero-order chi connectivity index (χ0) is 14.7. The first-order valence-corrected chi connectivity index (χ1v) is 6.62. The number of hydrogen-bond acceptors (Lipinski definition) is 2. The highest BCUT2D eigenvalue weighted by molar-refractivity contribution is 5.97. The molecule has 1 heterocycles. The summed E-state index contributed by atoms with van der Waals surface area (Å²) in [7, 11) is 0. The van der Waals surface area contributed by atoms with Crippen LogP contribution in [0.4, 0.5) is 0 Å². The third kappa shape index (κ3) is 2.69. The van der Waals surface area contributed by atoms with Gasteiger partial charge in [-0.25, -0.2) is 9.78 Å². The molecule has 0 aliphatic heterocycles. The maximum absolute atomic E-state index is 11.7. The number of rotatable bonds is 4. The van der Waals surface area contributed by atoms with Crippen LogP contribution in [0.2, 0.25) is 0 Å². The molecule has 0 saturated heterocycles. The minimum Gasteiger partial charge on any atom is -0.478 e. The topological polar surface area (TPSA) is 55.1 Å². The molecular formula is C17H14N2O2. The summed E-state index contributed by atoms with van der Waals surface area (Å²) >= 11 is 0. The Morgan fingerprint density at radius 1 is 1.10 bits per heavy atom. The molecule has 3 rings (SSSR count). The predicted molar refractivity (Wildman–Crippen MR) is 80.2 cm³/mol. The van der Waals surface area contributed by atoms with Crippen molar-refractivity contribution in [2.45, 2.75) is 6.54 Å². The van der Waals surface area contributed by atoms with E-state index in [0.717, 1.165) is 16.7 Å². The van der Waals surface area contributed by atoms with E-state index < -0.39 is 5.97 Å². The molecular weight excluding hydrogens is 264 g/mol. The van der Waals surface area contributed by atoms with Crippen LogP contribution < -0.4 is 0 Å². The molecule has 0 fully saturated rings. The first kappa shape index (κ1) is 13.1. The van der Waals surface area contributed by atoms with Crippen molar-refractivity contribution in [2.24, 2.45) is 0 Å². The van der Waals surface area contributed by atoms with Gasteiger partial charge in [-0.1, -0.05) is 48.5 Å². The van der Waals surface area contributed by atoms with Crippen molar-refractivity contribution in [3.8, 4) is 11.1 Å². The Hall–Kier alpha value is -2.88. The number of benzene rings is 2. The second kappa shape index (κ2) is 5.63. The lowest BCUT2D eigenvalue weighted by Gasteiger charge is -2.12. The number of carbonyl (C=O) groups is 1. The standard InChI is InChI=1S/C17H14N2O2/c20-17(21)16-14(11-19-10-9-18-12-19)7-4-8-15(16)13-5-2-1-3-6-13/h1-10,12H,11H2,(H,20,21). The van der Waals surface area contributed by atoms with Crippen molar-refractivity contribution in [2.75, 3.05) is 0 Å². The summed E-state index contributed by atoms with van der Waals surface area (Å²) < 4.78 is 1.86. The van der Waals surface area contributed by atoms with Gasteiger partial charge in [-0.05, 0) is 16.7 Å². The van der Waals surface area contributed by atoms with Gasteiger partial charge in [-0.15, -0.1) is 0 Å². The minimum atomic E-state index is -0.912. The lowest BCUT2D eigenvalue weighted by Crippen LogP contribution is -2.08. The Labute approximate surface area is 122 Å². The highest BCUT2D eigenvalue weighted by Crippen LogP contribution is 2.26. The van der Waals surface area contributed by atoms with Crippen LogP contribution in [0, 0.1) is 0 Å². The first-order chi connectivity index (χ1) is 10.3. The number of carboxylic acid groups (broad SMARTS) is 1. The average Bonchev–Trinajstić information content (AvgIpc) is 3.00. The maximum atomic E-state index is 11.7. The Kier molecular flexibility index (Phi) is 3.51. The molecule has 3 aromatic rings. The van der Waals surface area contributed by atoms with E-state index in [9.17, 15) is 9.90 Å². The molecule has 0 aliphatic carbocycles. The number of carboxylic acids is 1. The van der Waals surface area contributed by atoms with Gasteiger partial charge < -0.3 is 9.67 Å². The summed E-state index contributed by atoms with van der Waals surface area (Å²) in [6.45, 7) is 0.488. The number of nitrogens with zero attached hydrogens (tertiary/aromatic N) is 2. The number of hydrogen-bond donors (Lipinski definition) is 1. The van der Waals surface area contributed by atoms with Gasteiger partial charge in [0.1, 0.15) is 0 Å². The molecule has 0 aliphatic rings. The fourth-order valence-corrected chi connectivity index (χ4v) is 2.42. The maximum Gasteiger partial charge on any atom is 0.336 e. The number of imidazole rings is 1. The highest BCUT2D eigenvalue weighted by atomic mass is 16.4. The van der Waals surface area contributed by atoms with Crippen LogP contribution in [0.25, 0.3) is 11.1 Å². The van der Waals surface area contributed by atoms with E-state index in [1.807, 2.05) is 59.3 Å². The van der Waals surface area contributed by atoms with Crippen molar-refractivity contribution in [3.05, 3.63) is 78.4 Å². The van der Waals surface area contributed by atoms with E-state index in [1.54, 1.807) is 12.5 Å². The summed E-state index contributed by atoms with van der Waals surface area (Å²) in [5.41, 5.74) is 2.75. The van der Waals surface area contributed by atoms with Crippen molar-refractivity contribution in [1.82, 2.24) is 9.55 Å². The van der Waals surface area contributed by atoms with Gasteiger partial charge in [0.2, 0.25) is 0 Å². The van der Waals surface area contributed by atoms with Crippen molar-refractivity contribution in [3.63, 3.8) is 0 Å². The second-order valence-electron chi connectivity index (χ2n) is 4.75. The van der Waals surface area contributed by atoms with Gasteiger partial charge in [0.15, 0.2) is 0 Å². The van der Waals surface area contributed by atoms with Crippen LogP contribution in [0.3, 0.4) is 0 Å². The Bertz CT molecular complexity index is 750. The van der Waals surface area contributed by atoms with Gasteiger partial charge in [-0.3, -0.25) is 0 Å². The van der Waals surface area contributed by atoms with E-state index in [0.29, 0.717) is 12.1 Å². The van der Waals surface area contributed by atoms with E-state index in [4.69, 9.17) is 0 Å². The van der Waals surface area contributed by atoms with E-state index in [2.05, 4.69) is 4.98 Å². The van der Waals surface area contributed by atoms with Crippen molar-refractivity contribution < 1.29 is 9.90 Å². The largest absolute Gasteiger partial charge is 0.478 e. The smallest absolute Gasteiger partial charge is 0.336 e. The number of aromatic nitrogens is 2. The van der Waals surface area contributed by atoms with Gasteiger partial charge in [-0.2, -0.15) is 0 Å². The molecule has 2 aromatic carbocycles. The van der Waals surface area contributed by atoms with Gasteiger partial charge in [0.05, 0.1) is 11.9 Å². The molecule has 0 unspecified atom stereocenters. The zero-order valence-electron chi connectivity index (χ0n) is 11.3. The monoisotopic (exact) mass is 278 g/mol. The minimum absolute atomic E-state index is 0.345. The quantitative estimate of drug-likeness (QED) is 0.796. The fourth-order valence-electron chi connectivity index (χ4n) is 2.42. The summed E-state index contributed by atoms with van der Waals surface area (Å²) in [5, 5.41) is 9.61. The molecule has 0 atom stereocenters. The third-order valence-electron chi connectivity index (χ3n) is 3.36.